The van der Waals surface area contributed by atoms with Gasteiger partial charge in [0, 0.05) is 18.5 Å². The van der Waals surface area contributed by atoms with Gasteiger partial charge in [0.05, 0.1) is 12.2 Å². The third kappa shape index (κ3) is 5.04. The van der Waals surface area contributed by atoms with Crippen molar-refractivity contribution >= 4 is 17.2 Å². The Bertz CT molecular complexity index is 640. The molecule has 0 saturated carbocycles. The van der Waals surface area contributed by atoms with Crippen molar-refractivity contribution in [3.63, 3.8) is 0 Å². The van der Waals surface area contributed by atoms with Crippen LogP contribution in [-0.4, -0.2) is 49.6 Å². The van der Waals surface area contributed by atoms with Crippen LogP contribution in [0.5, 0.6) is 5.75 Å². The van der Waals surface area contributed by atoms with Gasteiger partial charge in [-0.1, -0.05) is 19.1 Å². The summed E-state index contributed by atoms with van der Waals surface area (Å²) >= 11 is 1.46. The number of amides is 1. The van der Waals surface area contributed by atoms with E-state index in [1.165, 1.54) is 11.3 Å². The molecule has 124 valence electrons. The van der Waals surface area contributed by atoms with E-state index in [9.17, 15) is 4.79 Å². The van der Waals surface area contributed by atoms with Crippen LogP contribution < -0.4 is 10.1 Å². The van der Waals surface area contributed by atoms with E-state index in [4.69, 9.17) is 4.74 Å². The second-order valence-corrected chi connectivity index (χ2v) is 6.30. The Labute approximate surface area is 141 Å². The lowest BCUT2D eigenvalue weighted by Gasteiger charge is -2.09. The number of rotatable bonds is 8. The third-order valence-electron chi connectivity index (χ3n) is 3.16. The fraction of sp³-hybridized carbons (Fsp3) is 0.412. The average Bonchev–Trinajstić information content (AvgIpc) is 3.02. The van der Waals surface area contributed by atoms with Crippen molar-refractivity contribution in [2.75, 3.05) is 33.8 Å². The van der Waals surface area contributed by atoms with Crippen molar-refractivity contribution in [3.05, 3.63) is 35.3 Å². The van der Waals surface area contributed by atoms with E-state index < -0.39 is 0 Å². The first-order chi connectivity index (χ1) is 11.1. The molecule has 0 atom stereocenters. The molecule has 1 aromatic heterocycles. The zero-order valence-corrected chi connectivity index (χ0v) is 14.7. The highest BCUT2D eigenvalue weighted by Gasteiger charge is 2.14. The number of carbonyl (C=O) groups excluding carboxylic acids is 1. The van der Waals surface area contributed by atoms with Gasteiger partial charge < -0.3 is 15.0 Å². The molecule has 23 heavy (non-hydrogen) atoms. The highest BCUT2D eigenvalue weighted by atomic mass is 32.1. The fourth-order valence-corrected chi connectivity index (χ4v) is 2.80. The molecule has 1 amide bonds. The van der Waals surface area contributed by atoms with Gasteiger partial charge in [-0.15, -0.1) is 11.3 Å². The smallest absolute Gasteiger partial charge is 0.270 e. The summed E-state index contributed by atoms with van der Waals surface area (Å²) in [5.74, 6) is 0.671. The summed E-state index contributed by atoms with van der Waals surface area (Å²) in [4.78, 5) is 18.6. The zero-order chi connectivity index (χ0) is 16.7. The molecule has 1 aromatic carbocycles. The predicted octanol–water partition coefficient (Wildman–Crippen LogP) is 2.89. The van der Waals surface area contributed by atoms with Gasteiger partial charge in [0.2, 0.25) is 0 Å². The van der Waals surface area contributed by atoms with Gasteiger partial charge in [-0.2, -0.15) is 0 Å². The van der Waals surface area contributed by atoms with Crippen LogP contribution in [0.4, 0.5) is 0 Å². The summed E-state index contributed by atoms with van der Waals surface area (Å²) < 4.78 is 5.76. The number of hydrogen-bond acceptors (Lipinski definition) is 5. The number of nitrogens with zero attached hydrogens (tertiary/aromatic N) is 2. The van der Waals surface area contributed by atoms with Crippen molar-refractivity contribution in [2.24, 2.45) is 0 Å². The maximum absolute atomic E-state index is 12.1. The summed E-state index contributed by atoms with van der Waals surface area (Å²) in [6.07, 6.45) is 0.950. The van der Waals surface area contributed by atoms with E-state index in [0.717, 1.165) is 29.3 Å². The van der Waals surface area contributed by atoms with Gasteiger partial charge in [-0.3, -0.25) is 4.79 Å². The number of aromatic nitrogens is 1. The van der Waals surface area contributed by atoms with Crippen molar-refractivity contribution in [1.82, 2.24) is 15.2 Å². The van der Waals surface area contributed by atoms with Gasteiger partial charge >= 0.3 is 0 Å². The molecule has 1 N–H and O–H groups in total. The molecule has 5 nitrogen and oxygen atoms in total. The van der Waals surface area contributed by atoms with Crippen LogP contribution in [0.15, 0.2) is 29.6 Å². The van der Waals surface area contributed by atoms with Gasteiger partial charge in [0.15, 0.2) is 0 Å². The predicted molar refractivity (Wildman–Crippen MR) is 94.2 cm³/mol. The molecule has 2 rings (SSSR count). The SMILES string of the molecule is CCCOc1ccccc1-c1nc(C(=O)NCCN(C)C)cs1. The summed E-state index contributed by atoms with van der Waals surface area (Å²) in [7, 11) is 3.95. The molecule has 0 unspecified atom stereocenters. The summed E-state index contributed by atoms with van der Waals surface area (Å²) in [5.41, 5.74) is 1.38. The minimum absolute atomic E-state index is 0.138. The first-order valence-corrected chi connectivity index (χ1v) is 8.60. The second-order valence-electron chi connectivity index (χ2n) is 5.44. The number of para-hydroxylation sites is 1. The number of nitrogens with one attached hydrogen (secondary N) is 1. The van der Waals surface area contributed by atoms with Crippen molar-refractivity contribution in [3.8, 4) is 16.3 Å². The molecule has 0 aliphatic heterocycles. The first-order valence-electron chi connectivity index (χ1n) is 7.72. The fourth-order valence-electron chi connectivity index (χ4n) is 1.97. The lowest BCUT2D eigenvalue weighted by molar-refractivity contribution is 0.0947. The van der Waals surface area contributed by atoms with E-state index in [2.05, 4.69) is 17.2 Å². The Morgan fingerprint density at radius 2 is 2.13 bits per heavy atom. The van der Waals surface area contributed by atoms with E-state index in [0.29, 0.717) is 18.8 Å². The van der Waals surface area contributed by atoms with Gasteiger partial charge in [0.25, 0.3) is 5.91 Å². The number of hydrogen-bond donors (Lipinski definition) is 1. The second kappa shape index (κ2) is 8.64. The van der Waals surface area contributed by atoms with Crippen LogP contribution in [0, 0.1) is 0 Å². The molecule has 0 aliphatic carbocycles. The topological polar surface area (TPSA) is 54.5 Å². The molecule has 0 aliphatic rings. The number of thiazole rings is 1. The van der Waals surface area contributed by atoms with Crippen LogP contribution in [0.1, 0.15) is 23.8 Å². The molecule has 2 aromatic rings. The van der Waals surface area contributed by atoms with E-state index >= 15 is 0 Å². The number of benzene rings is 1. The Hall–Kier alpha value is -1.92. The van der Waals surface area contributed by atoms with Crippen LogP contribution >= 0.6 is 11.3 Å². The van der Waals surface area contributed by atoms with Crippen molar-refractivity contribution in [1.29, 1.82) is 0 Å². The van der Waals surface area contributed by atoms with Gasteiger partial charge in [-0.25, -0.2) is 4.98 Å². The molecule has 0 fully saturated rings. The molecule has 0 spiro atoms. The average molecular weight is 333 g/mol. The van der Waals surface area contributed by atoms with E-state index in [1.54, 1.807) is 5.38 Å². The quantitative estimate of drug-likeness (QED) is 0.807. The maximum atomic E-state index is 12.1. The summed E-state index contributed by atoms with van der Waals surface area (Å²) in [5, 5.41) is 5.47. The normalized spacial score (nSPS) is 10.8. The molecule has 6 heteroatoms. The minimum Gasteiger partial charge on any atom is -0.493 e. The Morgan fingerprint density at radius 3 is 2.87 bits per heavy atom. The molecule has 0 saturated heterocycles. The van der Waals surface area contributed by atoms with Crippen molar-refractivity contribution < 1.29 is 9.53 Å². The molecular weight excluding hydrogens is 310 g/mol. The first kappa shape index (κ1) is 17.4. The molecule has 1 heterocycles. The number of ether oxygens (including phenoxy) is 1. The third-order valence-corrected chi connectivity index (χ3v) is 4.04. The maximum Gasteiger partial charge on any atom is 0.270 e. The minimum atomic E-state index is -0.138. The molecule has 0 radical (unpaired) electrons. The molecule has 0 bridgehead atoms. The van der Waals surface area contributed by atoms with Crippen LogP contribution in [-0.2, 0) is 0 Å². The lowest BCUT2D eigenvalue weighted by Crippen LogP contribution is -2.31. The zero-order valence-electron chi connectivity index (χ0n) is 13.8. The highest BCUT2D eigenvalue weighted by Crippen LogP contribution is 2.32. The Morgan fingerprint density at radius 1 is 1.35 bits per heavy atom. The largest absolute Gasteiger partial charge is 0.493 e. The number of likely N-dealkylation sites (N-methyl/N-ethyl adjacent to an activating group) is 1. The van der Waals surface area contributed by atoms with Gasteiger partial charge in [0.1, 0.15) is 16.5 Å². The Kier molecular flexibility index (Phi) is 6.55. The van der Waals surface area contributed by atoms with Crippen LogP contribution in [0.25, 0.3) is 10.6 Å². The lowest BCUT2D eigenvalue weighted by atomic mass is 10.2. The van der Waals surface area contributed by atoms with Crippen molar-refractivity contribution in [2.45, 2.75) is 13.3 Å². The van der Waals surface area contributed by atoms with Crippen LogP contribution in [0.2, 0.25) is 0 Å². The Balaban J connectivity index is 2.08. The highest BCUT2D eigenvalue weighted by molar-refractivity contribution is 7.13. The monoisotopic (exact) mass is 333 g/mol. The number of carbonyl (C=O) groups is 1. The summed E-state index contributed by atoms with van der Waals surface area (Å²) in [6, 6.07) is 7.80. The summed E-state index contributed by atoms with van der Waals surface area (Å²) in [6.45, 7) is 4.15. The molecular formula is C17H23N3O2S. The standard InChI is InChI=1S/C17H23N3O2S/c1-4-11-22-15-8-6-5-7-13(15)17-19-14(12-23-17)16(21)18-9-10-20(2)3/h5-8,12H,4,9-11H2,1-3H3,(H,18,21). The van der Waals surface area contributed by atoms with Gasteiger partial charge in [-0.05, 0) is 32.6 Å². The van der Waals surface area contributed by atoms with E-state index in [-0.39, 0.29) is 5.91 Å². The van der Waals surface area contributed by atoms with E-state index in [1.807, 2.05) is 43.3 Å². The van der Waals surface area contributed by atoms with Crippen LogP contribution in [0.3, 0.4) is 0 Å².